The van der Waals surface area contributed by atoms with E-state index in [0.717, 1.165) is 27.8 Å². The number of fused-ring (bicyclic) bond motifs is 1. The Morgan fingerprint density at radius 3 is 2.55 bits per heavy atom. The number of hydrogen-bond donors (Lipinski definition) is 4. The number of rotatable bonds is 7. The largest absolute Gasteiger partial charge is 0.493 e. The van der Waals surface area contributed by atoms with E-state index in [4.69, 9.17) is 16.3 Å². The molecule has 9 heteroatoms. The molecule has 1 unspecified atom stereocenters. The Balaban J connectivity index is 1.78. The summed E-state index contributed by atoms with van der Waals surface area (Å²) in [6.45, 7) is 13.3. The van der Waals surface area contributed by atoms with Gasteiger partial charge in [-0.25, -0.2) is 10.8 Å². The standard InChI is InChI=1S/C31H41N5O4/c1-18-8-9-20(27(31(5,6)29(38)39)22-10-11-24(35(7)33)28(32)19(22)2)14-21(18)15-36-16-23-25(12-13-26(37)34-23)40-30(3,4)17-36/h8-14,27H,15-17,32-33H2,1-7H3,(H,34,37)(H,38,39). The predicted octanol–water partition coefficient (Wildman–Crippen LogP) is 4.71. The van der Waals surface area contributed by atoms with Gasteiger partial charge < -0.3 is 25.7 Å². The summed E-state index contributed by atoms with van der Waals surface area (Å²) in [6, 6.07) is 13.2. The van der Waals surface area contributed by atoms with Gasteiger partial charge in [0, 0.05) is 38.7 Å². The van der Waals surface area contributed by atoms with Gasteiger partial charge in [-0.1, -0.05) is 24.3 Å². The summed E-state index contributed by atoms with van der Waals surface area (Å²) in [7, 11) is 1.72. The number of aryl methyl sites for hydroxylation is 1. The van der Waals surface area contributed by atoms with E-state index in [2.05, 4.69) is 22.9 Å². The number of hydrogen-bond acceptors (Lipinski definition) is 8. The van der Waals surface area contributed by atoms with E-state index in [9.17, 15) is 15.0 Å². The van der Waals surface area contributed by atoms with E-state index in [1.807, 2.05) is 45.0 Å². The first-order valence-corrected chi connectivity index (χ1v) is 13.4. The highest BCUT2D eigenvalue weighted by Gasteiger charge is 2.40. The number of benzene rings is 2. The van der Waals surface area contributed by atoms with Crippen LogP contribution in [0.5, 0.6) is 11.6 Å². The van der Waals surface area contributed by atoms with E-state index in [1.165, 1.54) is 11.1 Å². The molecular weight excluding hydrogens is 506 g/mol. The van der Waals surface area contributed by atoms with Crippen molar-refractivity contribution >= 4 is 17.3 Å². The highest BCUT2D eigenvalue weighted by molar-refractivity contribution is 5.78. The molecule has 1 aliphatic rings. The van der Waals surface area contributed by atoms with Crippen LogP contribution in [0.15, 0.2) is 42.5 Å². The number of nitrogens with zero attached hydrogens (tertiary/aromatic N) is 3. The first-order valence-electron chi connectivity index (χ1n) is 13.4. The highest BCUT2D eigenvalue weighted by Crippen LogP contribution is 2.45. The van der Waals surface area contributed by atoms with Crippen LogP contribution in [0, 0.1) is 19.3 Å². The SMILES string of the molecule is Cc1ccc(C(c2ccc(N(C)N)c(N)c2C)C(C)(C)C(=O)O)cc1CN1Cc2nc(O)ccc2OC(C)(C)C1. The average molecular weight is 548 g/mol. The molecule has 214 valence electrons. The van der Waals surface area contributed by atoms with Crippen LogP contribution in [0.2, 0.25) is 0 Å². The Bertz CT molecular complexity index is 1430. The molecule has 0 amide bonds. The lowest BCUT2D eigenvalue weighted by atomic mass is 9.69. The molecule has 0 fully saturated rings. The van der Waals surface area contributed by atoms with Crippen LogP contribution in [0.4, 0.5) is 11.4 Å². The van der Waals surface area contributed by atoms with Crippen molar-refractivity contribution in [2.45, 2.75) is 66.2 Å². The average Bonchev–Trinajstić information content (AvgIpc) is 2.97. The number of nitrogen functional groups attached to an aromatic ring is 1. The quantitative estimate of drug-likeness (QED) is 0.188. The first kappa shape index (κ1) is 29.2. The van der Waals surface area contributed by atoms with Gasteiger partial charge in [0.15, 0.2) is 0 Å². The number of carbonyl (C=O) groups is 1. The fourth-order valence-corrected chi connectivity index (χ4v) is 5.67. The predicted molar refractivity (Wildman–Crippen MR) is 157 cm³/mol. The van der Waals surface area contributed by atoms with Gasteiger partial charge in [-0.05, 0) is 81.5 Å². The minimum atomic E-state index is -1.13. The maximum absolute atomic E-state index is 12.6. The number of aromatic hydroxyl groups is 1. The van der Waals surface area contributed by atoms with Crippen molar-refractivity contribution in [2.24, 2.45) is 11.3 Å². The second-order valence-electron chi connectivity index (χ2n) is 12.1. The molecule has 1 atom stereocenters. The van der Waals surface area contributed by atoms with Crippen molar-refractivity contribution in [1.82, 2.24) is 9.88 Å². The molecule has 0 saturated heterocycles. The van der Waals surface area contributed by atoms with Crippen LogP contribution in [0.1, 0.15) is 67.1 Å². The molecule has 1 aromatic heterocycles. The third-order valence-corrected chi connectivity index (χ3v) is 7.88. The van der Waals surface area contributed by atoms with E-state index >= 15 is 0 Å². The Kier molecular flexibility index (Phi) is 7.75. The molecule has 40 heavy (non-hydrogen) atoms. The molecule has 1 aliphatic heterocycles. The molecule has 2 heterocycles. The minimum Gasteiger partial charge on any atom is -0.493 e. The Hall–Kier alpha value is -3.82. The van der Waals surface area contributed by atoms with E-state index in [0.29, 0.717) is 42.5 Å². The zero-order valence-electron chi connectivity index (χ0n) is 24.4. The summed E-state index contributed by atoms with van der Waals surface area (Å²) in [5.74, 6) is 5.24. The zero-order valence-corrected chi connectivity index (χ0v) is 24.4. The smallest absolute Gasteiger partial charge is 0.310 e. The van der Waals surface area contributed by atoms with E-state index in [-0.39, 0.29) is 5.88 Å². The number of carboxylic acids is 1. The minimum absolute atomic E-state index is 0.0413. The summed E-state index contributed by atoms with van der Waals surface area (Å²) in [5.41, 5.74) is 11.5. The van der Waals surface area contributed by atoms with Gasteiger partial charge >= 0.3 is 5.97 Å². The normalized spacial score (nSPS) is 16.0. The molecule has 0 radical (unpaired) electrons. The van der Waals surface area contributed by atoms with Gasteiger partial charge in [0.05, 0.1) is 16.8 Å². The second-order valence-corrected chi connectivity index (χ2v) is 12.1. The lowest BCUT2D eigenvalue weighted by Gasteiger charge is -2.34. The van der Waals surface area contributed by atoms with Gasteiger partial charge in [0.2, 0.25) is 5.88 Å². The van der Waals surface area contributed by atoms with Crippen LogP contribution in [0.3, 0.4) is 0 Å². The molecule has 2 aromatic carbocycles. The van der Waals surface area contributed by atoms with Gasteiger partial charge in [0.25, 0.3) is 0 Å². The summed E-state index contributed by atoms with van der Waals surface area (Å²) < 4.78 is 6.23. The maximum atomic E-state index is 12.6. The number of nitrogens with two attached hydrogens (primary N) is 2. The van der Waals surface area contributed by atoms with Gasteiger partial charge in [0.1, 0.15) is 17.0 Å². The number of pyridine rings is 1. The Morgan fingerprint density at radius 2 is 1.90 bits per heavy atom. The summed E-state index contributed by atoms with van der Waals surface area (Å²) in [6.07, 6.45) is 0. The number of aliphatic carboxylic acids is 1. The Morgan fingerprint density at radius 1 is 1.20 bits per heavy atom. The molecule has 4 rings (SSSR count). The summed E-state index contributed by atoms with van der Waals surface area (Å²) in [5, 5.41) is 21.8. The molecule has 0 saturated carbocycles. The highest BCUT2D eigenvalue weighted by atomic mass is 16.5. The molecule has 9 nitrogen and oxygen atoms in total. The van der Waals surface area contributed by atoms with E-state index < -0.39 is 22.9 Å². The molecule has 0 bridgehead atoms. The monoisotopic (exact) mass is 547 g/mol. The van der Waals surface area contributed by atoms with Gasteiger partial charge in [-0.2, -0.15) is 0 Å². The number of ether oxygens (including phenoxy) is 1. The zero-order chi connectivity index (χ0) is 29.6. The van der Waals surface area contributed by atoms with Crippen molar-refractivity contribution in [3.8, 4) is 11.6 Å². The van der Waals surface area contributed by atoms with Gasteiger partial charge in [-0.15, -0.1) is 0 Å². The van der Waals surface area contributed by atoms with Crippen LogP contribution >= 0.6 is 0 Å². The van der Waals surface area contributed by atoms with Crippen molar-refractivity contribution < 1.29 is 19.7 Å². The number of anilines is 2. The number of hydrazine groups is 1. The van der Waals surface area contributed by atoms with Crippen LogP contribution in [0.25, 0.3) is 0 Å². The number of carboxylic acid groups (broad SMARTS) is 1. The second kappa shape index (κ2) is 10.6. The van der Waals surface area contributed by atoms with Crippen LogP contribution in [-0.4, -0.2) is 45.3 Å². The van der Waals surface area contributed by atoms with Crippen molar-refractivity contribution in [3.05, 3.63) is 76.0 Å². The summed E-state index contributed by atoms with van der Waals surface area (Å²) in [4.78, 5) is 19.2. The van der Waals surface area contributed by atoms with E-state index in [1.54, 1.807) is 27.0 Å². The first-order chi connectivity index (χ1) is 18.6. The van der Waals surface area contributed by atoms with Crippen molar-refractivity contribution in [3.63, 3.8) is 0 Å². The van der Waals surface area contributed by atoms with Gasteiger partial charge in [-0.3, -0.25) is 9.69 Å². The fourth-order valence-electron chi connectivity index (χ4n) is 5.67. The molecule has 3 aromatic rings. The number of aromatic nitrogens is 1. The third-order valence-electron chi connectivity index (χ3n) is 7.88. The topological polar surface area (TPSA) is 138 Å². The van der Waals surface area contributed by atoms with Crippen LogP contribution in [-0.2, 0) is 17.9 Å². The van der Waals surface area contributed by atoms with Crippen molar-refractivity contribution in [1.29, 1.82) is 0 Å². The third kappa shape index (κ3) is 5.71. The lowest BCUT2D eigenvalue weighted by molar-refractivity contribution is -0.147. The molecule has 0 spiro atoms. The van der Waals surface area contributed by atoms with Crippen molar-refractivity contribution in [2.75, 3.05) is 24.3 Å². The fraction of sp³-hybridized carbons (Fsp3) is 0.419. The molecule has 0 aliphatic carbocycles. The molecular formula is C31H41N5O4. The lowest BCUT2D eigenvalue weighted by Crippen LogP contribution is -2.40. The molecule has 6 N–H and O–H groups in total. The Labute approximate surface area is 236 Å². The maximum Gasteiger partial charge on any atom is 0.310 e. The van der Waals surface area contributed by atoms with Crippen LogP contribution < -0.4 is 21.3 Å². The summed E-state index contributed by atoms with van der Waals surface area (Å²) >= 11 is 0.